The standard InChI is InChI=1S/C26H24Cl2F2N4O4S/c1-39(37,38)26-32-14-18(25(36)31-13-15-5-6-19(27)20(28)11-15)24(33-26)16-7-9-34(10-8-16)23(35)12-17-21(29)3-2-4-22(17)30/h2-6,11,14,16H,7-10,12-13H2,1H3,(H,31,36). The van der Waals surface area contributed by atoms with E-state index < -0.39 is 44.9 Å². The van der Waals surface area contributed by atoms with Crippen LogP contribution in [-0.4, -0.2) is 54.4 Å². The van der Waals surface area contributed by atoms with Gasteiger partial charge in [0.2, 0.25) is 20.9 Å². The molecule has 3 aromatic rings. The highest BCUT2D eigenvalue weighted by molar-refractivity contribution is 7.90. The van der Waals surface area contributed by atoms with Crippen molar-refractivity contribution < 1.29 is 26.8 Å². The SMILES string of the molecule is CS(=O)(=O)c1ncc(C(=O)NCc2ccc(Cl)c(Cl)c2)c(C2CCN(C(=O)Cc3c(F)cccc3F)CC2)n1. The summed E-state index contributed by atoms with van der Waals surface area (Å²) in [6, 6.07) is 8.36. The van der Waals surface area contributed by atoms with Crippen LogP contribution in [0.25, 0.3) is 0 Å². The molecule has 39 heavy (non-hydrogen) atoms. The molecule has 0 spiro atoms. The number of halogens is 4. The zero-order valence-corrected chi connectivity index (χ0v) is 23.1. The zero-order valence-electron chi connectivity index (χ0n) is 20.8. The molecule has 0 aliphatic carbocycles. The van der Waals surface area contributed by atoms with Gasteiger partial charge in [-0.2, -0.15) is 0 Å². The van der Waals surface area contributed by atoms with E-state index in [1.165, 1.54) is 17.2 Å². The lowest BCUT2D eigenvalue weighted by Crippen LogP contribution is -2.39. The van der Waals surface area contributed by atoms with E-state index in [1.807, 2.05) is 0 Å². The smallest absolute Gasteiger partial charge is 0.254 e. The van der Waals surface area contributed by atoms with Crippen LogP contribution in [-0.2, 0) is 27.6 Å². The quantitative estimate of drug-likeness (QED) is 0.406. The van der Waals surface area contributed by atoms with Crippen molar-refractivity contribution in [1.82, 2.24) is 20.2 Å². The van der Waals surface area contributed by atoms with Crippen LogP contribution in [0.3, 0.4) is 0 Å². The van der Waals surface area contributed by atoms with E-state index in [0.29, 0.717) is 28.5 Å². The topological polar surface area (TPSA) is 109 Å². The Kier molecular flexibility index (Phi) is 8.83. The Hall–Kier alpha value is -3.15. The number of aromatic nitrogens is 2. The van der Waals surface area contributed by atoms with Crippen molar-refractivity contribution in [2.45, 2.75) is 36.9 Å². The van der Waals surface area contributed by atoms with Gasteiger partial charge in [0.15, 0.2) is 0 Å². The van der Waals surface area contributed by atoms with Crippen LogP contribution in [0.5, 0.6) is 0 Å². The molecule has 1 saturated heterocycles. The average Bonchev–Trinajstić information content (AvgIpc) is 2.90. The van der Waals surface area contributed by atoms with Gasteiger partial charge in [-0.1, -0.05) is 35.3 Å². The number of hydrogen-bond donors (Lipinski definition) is 1. The summed E-state index contributed by atoms with van der Waals surface area (Å²) in [5.41, 5.74) is 0.773. The van der Waals surface area contributed by atoms with Gasteiger partial charge >= 0.3 is 0 Å². The lowest BCUT2D eigenvalue weighted by Gasteiger charge is -2.32. The molecule has 1 aliphatic heterocycles. The molecule has 13 heteroatoms. The minimum atomic E-state index is -3.75. The molecule has 8 nitrogen and oxygen atoms in total. The summed E-state index contributed by atoms with van der Waals surface area (Å²) in [5, 5.41) is 3.06. The first-order valence-electron chi connectivity index (χ1n) is 11.9. The van der Waals surface area contributed by atoms with Crippen molar-refractivity contribution in [1.29, 1.82) is 0 Å². The Morgan fingerprint density at radius 3 is 2.36 bits per heavy atom. The van der Waals surface area contributed by atoms with E-state index in [2.05, 4.69) is 15.3 Å². The van der Waals surface area contributed by atoms with Crippen LogP contribution in [0.1, 0.15) is 45.9 Å². The van der Waals surface area contributed by atoms with Crippen molar-refractivity contribution in [3.05, 3.63) is 86.7 Å². The van der Waals surface area contributed by atoms with E-state index in [0.717, 1.165) is 18.4 Å². The molecule has 1 fully saturated rings. The van der Waals surface area contributed by atoms with Crippen molar-refractivity contribution >= 4 is 44.9 Å². The highest BCUT2D eigenvalue weighted by Crippen LogP contribution is 2.30. The van der Waals surface area contributed by atoms with Crippen molar-refractivity contribution in [3.63, 3.8) is 0 Å². The first-order chi connectivity index (χ1) is 18.4. The first-order valence-corrected chi connectivity index (χ1v) is 14.6. The summed E-state index contributed by atoms with van der Waals surface area (Å²) in [7, 11) is -3.75. The molecule has 2 amide bonds. The molecular formula is C26H24Cl2F2N4O4S. The Balaban J connectivity index is 1.50. The van der Waals surface area contributed by atoms with Gasteiger partial charge in [-0.15, -0.1) is 0 Å². The maximum atomic E-state index is 14.0. The molecule has 1 aromatic heterocycles. The number of piperidine rings is 1. The summed E-state index contributed by atoms with van der Waals surface area (Å²) in [6.45, 7) is 0.604. The molecule has 4 rings (SSSR count). The fourth-order valence-corrected chi connectivity index (χ4v) is 5.17. The molecule has 2 aromatic carbocycles. The summed E-state index contributed by atoms with van der Waals surface area (Å²) in [5.74, 6) is -2.87. The number of nitrogens with one attached hydrogen (secondary N) is 1. The van der Waals surface area contributed by atoms with E-state index in [1.54, 1.807) is 18.2 Å². The zero-order chi connectivity index (χ0) is 28.3. The maximum absolute atomic E-state index is 14.0. The second-order valence-electron chi connectivity index (χ2n) is 9.19. The second kappa shape index (κ2) is 11.9. The Bertz CT molecular complexity index is 1510. The molecule has 206 valence electrons. The van der Waals surface area contributed by atoms with Crippen molar-refractivity contribution in [2.24, 2.45) is 0 Å². The number of nitrogens with zero attached hydrogens (tertiary/aromatic N) is 3. The van der Waals surface area contributed by atoms with Gasteiger partial charge < -0.3 is 10.2 Å². The van der Waals surface area contributed by atoms with Gasteiger partial charge in [0.05, 0.1) is 27.7 Å². The van der Waals surface area contributed by atoms with Crippen molar-refractivity contribution in [2.75, 3.05) is 19.3 Å². The predicted octanol–water partition coefficient (Wildman–Crippen LogP) is 4.34. The molecule has 0 unspecified atom stereocenters. The molecule has 2 heterocycles. The first kappa shape index (κ1) is 28.8. The third kappa shape index (κ3) is 6.90. The van der Waals surface area contributed by atoms with Gasteiger partial charge in [-0.25, -0.2) is 27.2 Å². The number of benzene rings is 2. The van der Waals surface area contributed by atoms with Crippen LogP contribution in [0, 0.1) is 11.6 Å². The molecular weight excluding hydrogens is 573 g/mol. The third-order valence-electron chi connectivity index (χ3n) is 6.43. The van der Waals surface area contributed by atoms with Crippen LogP contribution < -0.4 is 5.32 Å². The monoisotopic (exact) mass is 596 g/mol. The van der Waals surface area contributed by atoms with Gasteiger partial charge in [0.25, 0.3) is 5.91 Å². The van der Waals surface area contributed by atoms with Crippen LogP contribution in [0.15, 0.2) is 47.8 Å². The Labute approximate surface area is 234 Å². The molecule has 0 bridgehead atoms. The van der Waals surface area contributed by atoms with Gasteiger partial charge in [-0.3, -0.25) is 9.59 Å². The van der Waals surface area contributed by atoms with E-state index in [-0.39, 0.29) is 42.4 Å². The van der Waals surface area contributed by atoms with Gasteiger partial charge in [-0.05, 0) is 42.7 Å². The maximum Gasteiger partial charge on any atom is 0.254 e. The lowest BCUT2D eigenvalue weighted by atomic mass is 9.90. The number of sulfone groups is 1. The Morgan fingerprint density at radius 2 is 1.74 bits per heavy atom. The normalized spacial score (nSPS) is 14.3. The number of carbonyl (C=O) groups excluding carboxylic acids is 2. The van der Waals surface area contributed by atoms with E-state index >= 15 is 0 Å². The third-order valence-corrected chi connectivity index (χ3v) is 8.03. The number of amides is 2. The fraction of sp³-hybridized carbons (Fsp3) is 0.308. The minimum absolute atomic E-state index is 0.112. The summed E-state index contributed by atoms with van der Waals surface area (Å²) in [6.07, 6.45) is 2.45. The second-order valence-corrected chi connectivity index (χ2v) is 11.9. The lowest BCUT2D eigenvalue weighted by molar-refractivity contribution is -0.131. The molecule has 1 N–H and O–H groups in total. The van der Waals surface area contributed by atoms with Crippen LogP contribution in [0.2, 0.25) is 10.0 Å². The summed E-state index contributed by atoms with van der Waals surface area (Å²) < 4.78 is 52.3. The van der Waals surface area contributed by atoms with Crippen molar-refractivity contribution in [3.8, 4) is 0 Å². The Morgan fingerprint density at radius 1 is 1.08 bits per heavy atom. The van der Waals surface area contributed by atoms with Crippen LogP contribution >= 0.6 is 23.2 Å². The minimum Gasteiger partial charge on any atom is -0.348 e. The highest BCUT2D eigenvalue weighted by Gasteiger charge is 2.30. The van der Waals surface area contributed by atoms with E-state index in [9.17, 15) is 26.8 Å². The highest BCUT2D eigenvalue weighted by atomic mass is 35.5. The van der Waals surface area contributed by atoms with Crippen LogP contribution in [0.4, 0.5) is 8.78 Å². The molecule has 1 aliphatic rings. The number of rotatable bonds is 7. The van der Waals surface area contributed by atoms with Gasteiger partial charge in [0.1, 0.15) is 11.6 Å². The predicted molar refractivity (Wildman–Crippen MR) is 141 cm³/mol. The molecule has 0 atom stereocenters. The molecule has 0 radical (unpaired) electrons. The average molecular weight is 597 g/mol. The summed E-state index contributed by atoms with van der Waals surface area (Å²) in [4.78, 5) is 35.4. The summed E-state index contributed by atoms with van der Waals surface area (Å²) >= 11 is 12.0. The number of carbonyl (C=O) groups is 2. The fourth-order valence-electron chi connectivity index (χ4n) is 4.34. The van der Waals surface area contributed by atoms with E-state index in [4.69, 9.17) is 23.2 Å². The number of hydrogen-bond acceptors (Lipinski definition) is 6. The van der Waals surface area contributed by atoms with Gasteiger partial charge in [0, 0.05) is 43.6 Å². The largest absolute Gasteiger partial charge is 0.348 e. The number of likely N-dealkylation sites (tertiary alicyclic amines) is 1. The molecule has 0 saturated carbocycles.